The molecule has 0 saturated heterocycles. The lowest BCUT2D eigenvalue weighted by atomic mass is 10.1. The summed E-state index contributed by atoms with van der Waals surface area (Å²) < 4.78 is 9.73. The van der Waals surface area contributed by atoms with Crippen LogP contribution in [0.2, 0.25) is 0 Å². The number of carbonyl (C=O) groups is 3. The van der Waals surface area contributed by atoms with E-state index >= 15 is 0 Å². The van der Waals surface area contributed by atoms with Crippen LogP contribution < -0.4 is 5.43 Å². The Bertz CT molecular complexity index is 572. The molecule has 0 fully saturated rings. The predicted molar refractivity (Wildman–Crippen MR) is 81.9 cm³/mol. The van der Waals surface area contributed by atoms with E-state index < -0.39 is 11.9 Å². The van der Waals surface area contributed by atoms with E-state index in [2.05, 4.69) is 15.5 Å². The van der Waals surface area contributed by atoms with Crippen LogP contribution >= 0.6 is 0 Å². The molecule has 1 rings (SSSR count). The second-order valence-electron chi connectivity index (χ2n) is 4.57. The van der Waals surface area contributed by atoms with Gasteiger partial charge in [0.1, 0.15) is 18.1 Å². The van der Waals surface area contributed by atoms with E-state index in [1.165, 1.54) is 38.6 Å². The summed E-state index contributed by atoms with van der Waals surface area (Å²) >= 11 is 0. The molecule has 0 aliphatic rings. The highest BCUT2D eigenvalue weighted by Crippen LogP contribution is 2.00. The van der Waals surface area contributed by atoms with Gasteiger partial charge in [0, 0.05) is 37.9 Å². The van der Waals surface area contributed by atoms with Crippen molar-refractivity contribution in [1.82, 2.24) is 10.4 Å². The maximum absolute atomic E-state index is 11.9. The number of methoxy groups -OCH3 is 1. The molecule has 0 aliphatic heterocycles. The molecule has 1 aromatic rings. The third kappa shape index (κ3) is 7.28. The van der Waals surface area contributed by atoms with Crippen LogP contribution in [0.1, 0.15) is 30.1 Å². The Hall–Kier alpha value is -2.61. The average Bonchev–Trinajstić information content (AvgIpc) is 2.55. The lowest BCUT2D eigenvalue weighted by Crippen LogP contribution is -2.26. The summed E-state index contributed by atoms with van der Waals surface area (Å²) in [6.07, 6.45) is 3.14. The van der Waals surface area contributed by atoms with Crippen LogP contribution in [0.4, 0.5) is 0 Å². The molecule has 23 heavy (non-hydrogen) atoms. The molecular weight excluding hydrogens is 302 g/mol. The van der Waals surface area contributed by atoms with Crippen molar-refractivity contribution in [2.45, 2.75) is 19.8 Å². The molecule has 8 heteroatoms. The molecule has 0 saturated carbocycles. The smallest absolute Gasteiger partial charge is 0.354 e. The third-order valence-electron chi connectivity index (χ3n) is 2.71. The van der Waals surface area contributed by atoms with Crippen LogP contribution in [0.3, 0.4) is 0 Å². The third-order valence-corrected chi connectivity index (χ3v) is 2.71. The highest BCUT2D eigenvalue weighted by atomic mass is 16.6. The van der Waals surface area contributed by atoms with Gasteiger partial charge in [-0.2, -0.15) is 5.10 Å². The number of carbonyl (C=O) groups excluding carboxylic acids is 3. The molecule has 0 atom stereocenters. The topological polar surface area (TPSA) is 107 Å². The zero-order valence-electron chi connectivity index (χ0n) is 13.1. The number of pyridine rings is 1. The van der Waals surface area contributed by atoms with Gasteiger partial charge in [0.15, 0.2) is 0 Å². The quantitative estimate of drug-likeness (QED) is 0.311. The van der Waals surface area contributed by atoms with Crippen molar-refractivity contribution in [3.8, 4) is 0 Å². The minimum absolute atomic E-state index is 0.0290. The first-order chi connectivity index (χ1) is 11.0. The van der Waals surface area contributed by atoms with E-state index in [1.807, 2.05) is 0 Å². The van der Waals surface area contributed by atoms with E-state index in [1.54, 1.807) is 0 Å². The summed E-state index contributed by atoms with van der Waals surface area (Å²) in [7, 11) is 1.48. The molecule has 0 aliphatic carbocycles. The predicted octanol–water partition coefficient (Wildman–Crippen LogP) is 0.726. The maximum Gasteiger partial charge on any atom is 0.354 e. The normalized spacial score (nSPS) is 11.0. The summed E-state index contributed by atoms with van der Waals surface area (Å²) in [5.74, 6) is -1.28. The number of hydrazone groups is 1. The number of nitrogens with one attached hydrogen (secondary N) is 1. The lowest BCUT2D eigenvalue weighted by Gasteiger charge is -2.07. The standard InChI is InChI=1S/C15H19N3O5/c1-11(19)3-4-13(15(21)23-10-9-22-2)17-18-14(20)12-5-7-16-8-6-12/h5-8H,3-4,9-10H2,1-2H3,(H,18,20)/b17-13-. The summed E-state index contributed by atoms with van der Waals surface area (Å²) in [5, 5.41) is 3.78. The number of rotatable bonds is 9. The SMILES string of the molecule is COCCOC(=O)/C(CCC(C)=O)=N\NC(=O)c1ccncc1. The van der Waals surface area contributed by atoms with Crippen molar-refractivity contribution in [2.24, 2.45) is 5.10 Å². The van der Waals surface area contributed by atoms with Crippen LogP contribution in [0.15, 0.2) is 29.6 Å². The van der Waals surface area contributed by atoms with Crippen molar-refractivity contribution in [3.63, 3.8) is 0 Å². The number of ketones is 1. The number of hydrogen-bond acceptors (Lipinski definition) is 7. The van der Waals surface area contributed by atoms with E-state index in [0.29, 0.717) is 5.56 Å². The van der Waals surface area contributed by atoms with Crippen molar-refractivity contribution >= 4 is 23.4 Å². The molecule has 0 bridgehead atoms. The Kier molecular flexibility index (Phi) is 8.16. The fraction of sp³-hybridized carbons (Fsp3) is 0.400. The Morgan fingerprint density at radius 2 is 1.87 bits per heavy atom. The minimum Gasteiger partial charge on any atom is -0.459 e. The van der Waals surface area contributed by atoms with Crippen LogP contribution in [-0.4, -0.2) is 48.7 Å². The van der Waals surface area contributed by atoms with Gasteiger partial charge in [-0.25, -0.2) is 10.2 Å². The second kappa shape index (κ2) is 10.2. The molecule has 1 amide bonds. The van der Waals surface area contributed by atoms with Gasteiger partial charge < -0.3 is 14.3 Å². The summed E-state index contributed by atoms with van der Waals surface area (Å²) in [6, 6.07) is 3.02. The molecule has 8 nitrogen and oxygen atoms in total. The summed E-state index contributed by atoms with van der Waals surface area (Å²) in [4.78, 5) is 38.7. The second-order valence-corrected chi connectivity index (χ2v) is 4.57. The summed E-state index contributed by atoms with van der Waals surface area (Å²) in [5.41, 5.74) is 2.59. The molecular formula is C15H19N3O5. The van der Waals surface area contributed by atoms with Gasteiger partial charge in [-0.3, -0.25) is 9.78 Å². The van der Waals surface area contributed by atoms with Gasteiger partial charge in [-0.05, 0) is 19.1 Å². The molecule has 1 heterocycles. The monoisotopic (exact) mass is 321 g/mol. The van der Waals surface area contributed by atoms with Gasteiger partial charge in [0.05, 0.1) is 6.61 Å². The molecule has 0 radical (unpaired) electrons. The van der Waals surface area contributed by atoms with Crippen molar-refractivity contribution in [1.29, 1.82) is 0 Å². The van der Waals surface area contributed by atoms with Gasteiger partial charge in [0.2, 0.25) is 0 Å². The first kappa shape index (κ1) is 18.4. The van der Waals surface area contributed by atoms with E-state index in [0.717, 1.165) is 0 Å². The zero-order chi connectivity index (χ0) is 17.1. The zero-order valence-corrected chi connectivity index (χ0v) is 13.1. The highest BCUT2D eigenvalue weighted by Gasteiger charge is 2.15. The number of Topliss-reactive ketones (excluding diaryl/α,β-unsaturated/α-hetero) is 1. The van der Waals surface area contributed by atoms with Crippen molar-refractivity contribution < 1.29 is 23.9 Å². The van der Waals surface area contributed by atoms with Gasteiger partial charge in [-0.15, -0.1) is 0 Å². The maximum atomic E-state index is 11.9. The van der Waals surface area contributed by atoms with Crippen molar-refractivity contribution in [2.75, 3.05) is 20.3 Å². The Labute approximate surface area is 133 Å². The molecule has 124 valence electrons. The lowest BCUT2D eigenvalue weighted by molar-refractivity contribution is -0.136. The Balaban J connectivity index is 2.71. The first-order valence-electron chi connectivity index (χ1n) is 6.97. The van der Waals surface area contributed by atoms with E-state index in [4.69, 9.17) is 9.47 Å². The van der Waals surface area contributed by atoms with E-state index in [-0.39, 0.29) is 37.6 Å². The average molecular weight is 321 g/mol. The number of esters is 1. The van der Waals surface area contributed by atoms with Crippen LogP contribution in [-0.2, 0) is 19.1 Å². The largest absolute Gasteiger partial charge is 0.459 e. The molecule has 1 N–H and O–H groups in total. The van der Waals surface area contributed by atoms with Crippen LogP contribution in [0.5, 0.6) is 0 Å². The number of aromatic nitrogens is 1. The Morgan fingerprint density at radius 3 is 2.48 bits per heavy atom. The van der Waals surface area contributed by atoms with Crippen molar-refractivity contribution in [3.05, 3.63) is 30.1 Å². The molecule has 0 unspecified atom stereocenters. The Morgan fingerprint density at radius 1 is 1.17 bits per heavy atom. The fourth-order valence-electron chi connectivity index (χ4n) is 1.49. The molecule has 1 aromatic heterocycles. The van der Waals surface area contributed by atoms with Gasteiger partial charge >= 0.3 is 5.97 Å². The number of ether oxygens (including phenoxy) is 2. The van der Waals surface area contributed by atoms with Gasteiger partial charge in [0.25, 0.3) is 5.91 Å². The number of amides is 1. The molecule has 0 spiro atoms. The first-order valence-corrected chi connectivity index (χ1v) is 6.97. The van der Waals surface area contributed by atoms with Gasteiger partial charge in [-0.1, -0.05) is 0 Å². The number of nitrogens with zero attached hydrogens (tertiary/aromatic N) is 2. The number of hydrogen-bond donors (Lipinski definition) is 1. The highest BCUT2D eigenvalue weighted by molar-refractivity contribution is 6.36. The van der Waals surface area contributed by atoms with Crippen LogP contribution in [0.25, 0.3) is 0 Å². The van der Waals surface area contributed by atoms with E-state index in [9.17, 15) is 14.4 Å². The molecule has 0 aromatic carbocycles. The summed E-state index contributed by atoms with van der Waals surface area (Å²) in [6.45, 7) is 1.71. The minimum atomic E-state index is -0.696. The van der Waals surface area contributed by atoms with Crippen LogP contribution in [0, 0.1) is 0 Å². The fourth-order valence-corrected chi connectivity index (χ4v) is 1.49.